The molecule has 0 aliphatic heterocycles. The Hall–Kier alpha value is -1.50. The molecule has 23 heavy (non-hydrogen) atoms. The van der Waals surface area contributed by atoms with E-state index in [4.69, 9.17) is 8.85 Å². The van der Waals surface area contributed by atoms with Gasteiger partial charge in [0.1, 0.15) is 0 Å². The Kier molecular flexibility index (Phi) is 6.50. The maximum absolute atomic E-state index is 9.75. The van der Waals surface area contributed by atoms with Crippen molar-refractivity contribution in [2.45, 2.75) is 27.1 Å². The summed E-state index contributed by atoms with van der Waals surface area (Å²) in [5.74, 6) is 0. The van der Waals surface area contributed by atoms with E-state index in [0.29, 0.717) is 13.2 Å². The van der Waals surface area contributed by atoms with Gasteiger partial charge in [0.25, 0.3) is 0 Å². The van der Waals surface area contributed by atoms with Crippen molar-refractivity contribution in [3.05, 3.63) is 59.7 Å². The topological polar surface area (TPSA) is 58.9 Å². The van der Waals surface area contributed by atoms with Crippen molar-refractivity contribution < 1.29 is 19.1 Å². The van der Waals surface area contributed by atoms with Crippen LogP contribution in [0.15, 0.2) is 48.5 Å². The Morgan fingerprint density at radius 1 is 0.739 bits per heavy atom. The van der Waals surface area contributed by atoms with Crippen LogP contribution in [0.25, 0.3) is 0 Å². The fraction of sp³-hybridized carbons (Fsp3) is 0.333. The summed E-state index contributed by atoms with van der Waals surface area (Å²) >= 11 is 0. The van der Waals surface area contributed by atoms with Crippen LogP contribution < -0.4 is 10.4 Å². The SMILES string of the molecule is CCO[Si](OCC)(c1ccccc1CO)c1ccccc1CO. The Morgan fingerprint density at radius 3 is 1.48 bits per heavy atom. The molecule has 0 heterocycles. The molecule has 2 rings (SSSR count). The van der Waals surface area contributed by atoms with Crippen LogP contribution in [0.3, 0.4) is 0 Å². The molecular weight excluding hydrogens is 308 g/mol. The van der Waals surface area contributed by atoms with Crippen molar-refractivity contribution >= 4 is 18.9 Å². The first-order chi connectivity index (χ1) is 11.2. The maximum atomic E-state index is 9.75. The fourth-order valence-electron chi connectivity index (χ4n) is 2.86. The zero-order valence-electron chi connectivity index (χ0n) is 13.7. The van der Waals surface area contributed by atoms with E-state index in [1.54, 1.807) is 0 Å². The molecule has 0 atom stereocenters. The molecule has 2 aromatic rings. The van der Waals surface area contributed by atoms with Crippen molar-refractivity contribution in [1.82, 2.24) is 0 Å². The lowest BCUT2D eigenvalue weighted by Crippen LogP contribution is -2.65. The Balaban J connectivity index is 2.73. The van der Waals surface area contributed by atoms with Crippen LogP contribution in [0.5, 0.6) is 0 Å². The predicted octanol–water partition coefficient (Wildman–Crippen LogP) is 1.30. The molecule has 0 aliphatic carbocycles. The zero-order chi connectivity index (χ0) is 16.7. The Morgan fingerprint density at radius 2 is 1.13 bits per heavy atom. The first kappa shape index (κ1) is 17.8. The number of hydrogen-bond acceptors (Lipinski definition) is 4. The normalized spacial score (nSPS) is 11.7. The van der Waals surface area contributed by atoms with Crippen molar-refractivity contribution in [2.75, 3.05) is 13.2 Å². The van der Waals surface area contributed by atoms with Crippen molar-refractivity contribution in [1.29, 1.82) is 0 Å². The van der Waals surface area contributed by atoms with Crippen LogP contribution in [0.1, 0.15) is 25.0 Å². The van der Waals surface area contributed by atoms with Crippen LogP contribution in [-0.4, -0.2) is 32.0 Å². The minimum Gasteiger partial charge on any atom is -0.392 e. The summed E-state index contributed by atoms with van der Waals surface area (Å²) in [5, 5.41) is 21.3. The van der Waals surface area contributed by atoms with Gasteiger partial charge >= 0.3 is 8.56 Å². The second-order valence-electron chi connectivity index (χ2n) is 5.11. The third-order valence-corrected chi connectivity index (χ3v) is 7.56. The highest BCUT2D eigenvalue weighted by molar-refractivity contribution is 6.93. The van der Waals surface area contributed by atoms with E-state index in [9.17, 15) is 10.2 Å². The molecule has 0 saturated carbocycles. The number of rotatable bonds is 8. The van der Waals surface area contributed by atoms with Gasteiger partial charge in [-0.15, -0.1) is 0 Å². The molecule has 0 unspecified atom stereocenters. The van der Waals surface area contributed by atoms with Gasteiger partial charge in [0, 0.05) is 23.6 Å². The summed E-state index contributed by atoms with van der Waals surface area (Å²) in [6.07, 6.45) is 0. The molecule has 5 heteroatoms. The van der Waals surface area contributed by atoms with Crippen LogP contribution in [0.2, 0.25) is 0 Å². The van der Waals surface area contributed by atoms with Gasteiger partial charge in [-0.1, -0.05) is 48.5 Å². The standard InChI is InChI=1S/C18H24O4Si/c1-3-21-23(22-4-2,17-11-7-5-9-15(17)13-19)18-12-8-6-10-16(18)14-20/h5-12,19-20H,3-4,13-14H2,1-2H3. The van der Waals surface area contributed by atoms with Gasteiger partial charge in [-0.2, -0.15) is 0 Å². The first-order valence-corrected chi connectivity index (χ1v) is 9.71. The molecule has 0 bridgehead atoms. The molecule has 0 aliphatic rings. The minimum atomic E-state index is -3.00. The van der Waals surface area contributed by atoms with Crippen molar-refractivity contribution in [3.63, 3.8) is 0 Å². The largest absolute Gasteiger partial charge is 0.407 e. The molecule has 0 aromatic heterocycles. The fourth-order valence-corrected chi connectivity index (χ4v) is 6.47. The molecule has 0 amide bonds. The van der Waals surface area contributed by atoms with Gasteiger partial charge in [0.15, 0.2) is 0 Å². The van der Waals surface area contributed by atoms with Gasteiger partial charge in [0.05, 0.1) is 13.2 Å². The van der Waals surface area contributed by atoms with E-state index in [-0.39, 0.29) is 13.2 Å². The molecule has 0 saturated heterocycles. The van der Waals surface area contributed by atoms with Gasteiger partial charge in [-0.25, -0.2) is 0 Å². The molecule has 0 fully saturated rings. The lowest BCUT2D eigenvalue weighted by molar-refractivity contribution is 0.206. The van der Waals surface area contributed by atoms with Crippen LogP contribution >= 0.6 is 0 Å². The zero-order valence-corrected chi connectivity index (χ0v) is 14.7. The number of benzene rings is 2. The van der Waals surface area contributed by atoms with Crippen molar-refractivity contribution in [2.24, 2.45) is 0 Å². The predicted molar refractivity (Wildman–Crippen MR) is 93.0 cm³/mol. The Bertz CT molecular complexity index is 574. The second-order valence-corrected chi connectivity index (χ2v) is 8.00. The van der Waals surface area contributed by atoms with E-state index in [2.05, 4.69) is 0 Å². The van der Waals surface area contributed by atoms with Gasteiger partial charge in [-0.05, 0) is 25.0 Å². The van der Waals surface area contributed by atoms with E-state index in [1.807, 2.05) is 62.4 Å². The summed E-state index contributed by atoms with van der Waals surface area (Å²) in [4.78, 5) is 0. The summed E-state index contributed by atoms with van der Waals surface area (Å²) in [6, 6.07) is 15.3. The highest BCUT2D eigenvalue weighted by Gasteiger charge is 2.45. The van der Waals surface area contributed by atoms with Crippen LogP contribution in [0, 0.1) is 0 Å². The number of hydrogen-bond donors (Lipinski definition) is 2. The van der Waals surface area contributed by atoms with E-state index >= 15 is 0 Å². The van der Waals surface area contributed by atoms with E-state index in [0.717, 1.165) is 21.5 Å². The lowest BCUT2D eigenvalue weighted by Gasteiger charge is -2.33. The molecule has 2 aromatic carbocycles. The maximum Gasteiger partial charge on any atom is 0.407 e. The average Bonchev–Trinajstić information content (AvgIpc) is 2.61. The molecule has 2 N–H and O–H groups in total. The highest BCUT2D eigenvalue weighted by atomic mass is 28.4. The summed E-state index contributed by atoms with van der Waals surface area (Å²) in [7, 11) is -3.00. The summed E-state index contributed by atoms with van der Waals surface area (Å²) in [5.41, 5.74) is 1.60. The third kappa shape index (κ3) is 3.54. The van der Waals surface area contributed by atoms with Gasteiger partial charge in [-0.3, -0.25) is 0 Å². The van der Waals surface area contributed by atoms with Crippen molar-refractivity contribution in [3.8, 4) is 0 Å². The van der Waals surface area contributed by atoms with E-state index < -0.39 is 8.56 Å². The minimum absolute atomic E-state index is 0.0770. The molecule has 4 nitrogen and oxygen atoms in total. The van der Waals surface area contributed by atoms with Crippen LogP contribution in [0.4, 0.5) is 0 Å². The summed E-state index contributed by atoms with van der Waals surface area (Å²) < 4.78 is 12.4. The smallest absolute Gasteiger partial charge is 0.392 e. The Labute approximate surface area is 138 Å². The monoisotopic (exact) mass is 332 g/mol. The molecule has 124 valence electrons. The van der Waals surface area contributed by atoms with Gasteiger partial charge in [0.2, 0.25) is 0 Å². The summed E-state index contributed by atoms with van der Waals surface area (Å²) in [6.45, 7) is 4.70. The third-order valence-electron chi connectivity index (χ3n) is 3.78. The van der Waals surface area contributed by atoms with E-state index in [1.165, 1.54) is 0 Å². The lowest BCUT2D eigenvalue weighted by atomic mass is 10.2. The average molecular weight is 332 g/mol. The molecule has 0 radical (unpaired) electrons. The highest BCUT2D eigenvalue weighted by Crippen LogP contribution is 2.15. The number of aliphatic hydroxyl groups excluding tert-OH is 2. The molecule has 0 spiro atoms. The molecular formula is C18H24O4Si. The first-order valence-electron chi connectivity index (χ1n) is 7.89. The number of aliphatic hydroxyl groups is 2. The van der Waals surface area contributed by atoms with Gasteiger partial charge < -0.3 is 19.1 Å². The quantitative estimate of drug-likeness (QED) is 0.716. The second kappa shape index (κ2) is 8.38. The van der Waals surface area contributed by atoms with Crippen LogP contribution in [-0.2, 0) is 22.1 Å².